The zero-order valence-electron chi connectivity index (χ0n) is 21.2. The van der Waals surface area contributed by atoms with Crippen molar-refractivity contribution in [1.82, 2.24) is 10.6 Å². The van der Waals surface area contributed by atoms with Gasteiger partial charge in [-0.25, -0.2) is 0 Å². The minimum atomic E-state index is 0.169. The maximum Gasteiger partial charge on any atom is 0.0424 e. The minimum absolute atomic E-state index is 0.169. The smallest absolute Gasteiger partial charge is 0.0424 e. The third-order valence-corrected chi connectivity index (χ3v) is 7.95. The lowest BCUT2D eigenvalue weighted by Crippen LogP contribution is -2.39. The van der Waals surface area contributed by atoms with E-state index < -0.39 is 0 Å². The Morgan fingerprint density at radius 1 is 0.788 bits per heavy atom. The van der Waals surface area contributed by atoms with Crippen LogP contribution in [0.5, 0.6) is 0 Å². The van der Waals surface area contributed by atoms with Crippen molar-refractivity contribution in [1.29, 1.82) is 0 Å². The molecular formula is C30H40N2S. The molecule has 2 N–H and O–H groups in total. The largest absolute Gasteiger partial charge is 0.317 e. The van der Waals surface area contributed by atoms with Gasteiger partial charge < -0.3 is 10.6 Å². The summed E-state index contributed by atoms with van der Waals surface area (Å²) in [6.07, 6.45) is 2.43. The molecule has 0 bridgehead atoms. The zero-order valence-corrected chi connectivity index (χ0v) is 22.0. The zero-order chi connectivity index (χ0) is 23.6. The highest BCUT2D eigenvalue weighted by Crippen LogP contribution is 2.40. The second-order valence-corrected chi connectivity index (χ2v) is 12.7. The van der Waals surface area contributed by atoms with E-state index in [4.69, 9.17) is 0 Å². The standard InChI is InChI=1S/C30H40N2S/c1-29(2,3)23-11-7-21(8-12-23)27-19-26(20-32-25-15-17-31-18-16-25)33-28(27)22-9-13-24(14-10-22)30(4,5)6/h7-14,19,25,31-32H,15-18,20H2,1-6H3. The molecule has 2 aromatic carbocycles. The summed E-state index contributed by atoms with van der Waals surface area (Å²) in [6.45, 7) is 16.9. The molecular weight excluding hydrogens is 420 g/mol. The Morgan fingerprint density at radius 2 is 1.30 bits per heavy atom. The molecule has 1 aliphatic rings. The van der Waals surface area contributed by atoms with Gasteiger partial charge in [-0.2, -0.15) is 0 Å². The van der Waals surface area contributed by atoms with Crippen molar-refractivity contribution in [2.45, 2.75) is 77.8 Å². The number of piperidine rings is 1. The van der Waals surface area contributed by atoms with Crippen LogP contribution in [0.2, 0.25) is 0 Å². The molecule has 0 saturated carbocycles. The van der Waals surface area contributed by atoms with Crippen molar-refractivity contribution in [3.63, 3.8) is 0 Å². The number of benzene rings is 2. The first-order chi connectivity index (χ1) is 15.6. The summed E-state index contributed by atoms with van der Waals surface area (Å²) in [6, 6.07) is 21.5. The summed E-state index contributed by atoms with van der Waals surface area (Å²) in [5, 5.41) is 7.27. The molecule has 176 valence electrons. The van der Waals surface area contributed by atoms with Crippen molar-refractivity contribution in [3.8, 4) is 21.6 Å². The Hall–Kier alpha value is -1.94. The predicted octanol–water partition coefficient (Wildman–Crippen LogP) is 7.52. The lowest BCUT2D eigenvalue weighted by Gasteiger charge is -2.23. The number of hydrogen-bond donors (Lipinski definition) is 2. The Bertz CT molecular complexity index is 966. The van der Waals surface area contributed by atoms with Gasteiger partial charge in [0.05, 0.1) is 0 Å². The highest BCUT2D eigenvalue weighted by molar-refractivity contribution is 7.16. The van der Waals surface area contributed by atoms with Crippen LogP contribution < -0.4 is 10.6 Å². The van der Waals surface area contributed by atoms with E-state index in [-0.39, 0.29) is 10.8 Å². The van der Waals surface area contributed by atoms with Crippen molar-refractivity contribution in [2.24, 2.45) is 0 Å². The van der Waals surface area contributed by atoms with Crippen LogP contribution in [0.1, 0.15) is 70.4 Å². The molecule has 0 unspecified atom stereocenters. The van der Waals surface area contributed by atoms with E-state index in [9.17, 15) is 0 Å². The Balaban J connectivity index is 1.66. The average molecular weight is 461 g/mol. The Labute approximate surface area is 204 Å². The lowest BCUT2D eigenvalue weighted by atomic mass is 9.85. The van der Waals surface area contributed by atoms with Crippen LogP contribution in [-0.2, 0) is 17.4 Å². The number of hydrogen-bond acceptors (Lipinski definition) is 3. The van der Waals surface area contributed by atoms with Crippen LogP contribution in [0.4, 0.5) is 0 Å². The quantitative estimate of drug-likeness (QED) is 0.411. The first-order valence-electron chi connectivity index (χ1n) is 12.4. The van der Waals surface area contributed by atoms with Gasteiger partial charge in [-0.1, -0.05) is 90.1 Å². The van der Waals surface area contributed by atoms with Crippen LogP contribution in [0.3, 0.4) is 0 Å². The van der Waals surface area contributed by atoms with Crippen molar-refractivity contribution < 1.29 is 0 Å². The van der Waals surface area contributed by atoms with Crippen LogP contribution in [0, 0.1) is 0 Å². The first kappa shape index (κ1) is 24.2. The summed E-state index contributed by atoms with van der Waals surface area (Å²) in [7, 11) is 0. The van der Waals surface area contributed by atoms with Crippen molar-refractivity contribution in [3.05, 3.63) is 70.6 Å². The first-order valence-corrected chi connectivity index (χ1v) is 13.2. The van der Waals surface area contributed by atoms with Gasteiger partial charge in [0.15, 0.2) is 0 Å². The normalized spacial score (nSPS) is 15.7. The van der Waals surface area contributed by atoms with E-state index in [0.29, 0.717) is 6.04 Å². The monoisotopic (exact) mass is 460 g/mol. The summed E-state index contributed by atoms with van der Waals surface area (Å²) >= 11 is 1.94. The summed E-state index contributed by atoms with van der Waals surface area (Å²) in [4.78, 5) is 2.79. The second-order valence-electron chi connectivity index (χ2n) is 11.5. The van der Waals surface area contributed by atoms with Gasteiger partial charge in [0, 0.05) is 27.9 Å². The van der Waals surface area contributed by atoms with Gasteiger partial charge in [-0.15, -0.1) is 11.3 Å². The fraction of sp³-hybridized carbons (Fsp3) is 0.467. The molecule has 1 saturated heterocycles. The molecule has 33 heavy (non-hydrogen) atoms. The average Bonchev–Trinajstić information content (AvgIpc) is 3.22. The van der Waals surface area contributed by atoms with Gasteiger partial charge in [-0.05, 0) is 65.1 Å². The minimum Gasteiger partial charge on any atom is -0.317 e. The third-order valence-electron chi connectivity index (χ3n) is 6.76. The molecule has 0 radical (unpaired) electrons. The lowest BCUT2D eigenvalue weighted by molar-refractivity contribution is 0.387. The summed E-state index contributed by atoms with van der Waals surface area (Å²) in [5.41, 5.74) is 7.08. The SMILES string of the molecule is CC(C)(C)c1ccc(-c2cc(CNC3CCNCC3)sc2-c2ccc(C(C)(C)C)cc2)cc1. The molecule has 4 rings (SSSR count). The molecule has 1 aliphatic heterocycles. The van der Waals surface area contributed by atoms with Gasteiger partial charge in [0.25, 0.3) is 0 Å². The Morgan fingerprint density at radius 3 is 1.82 bits per heavy atom. The predicted molar refractivity (Wildman–Crippen MR) is 145 cm³/mol. The van der Waals surface area contributed by atoms with Crippen LogP contribution >= 0.6 is 11.3 Å². The molecule has 1 fully saturated rings. The topological polar surface area (TPSA) is 24.1 Å². The molecule has 2 heterocycles. The Kier molecular flexibility index (Phi) is 7.14. The molecule has 0 spiro atoms. The molecule has 1 aromatic heterocycles. The summed E-state index contributed by atoms with van der Waals surface area (Å²) in [5.74, 6) is 0. The van der Waals surface area contributed by atoms with Gasteiger partial charge in [-0.3, -0.25) is 0 Å². The maximum absolute atomic E-state index is 3.81. The number of rotatable bonds is 5. The van der Waals surface area contributed by atoms with E-state index in [0.717, 1.165) is 19.6 Å². The highest BCUT2D eigenvalue weighted by atomic mass is 32.1. The number of thiophene rings is 1. The second kappa shape index (κ2) is 9.74. The molecule has 0 atom stereocenters. The van der Waals surface area contributed by atoms with Crippen molar-refractivity contribution >= 4 is 11.3 Å². The third kappa shape index (κ3) is 5.95. The molecule has 3 aromatic rings. The van der Waals surface area contributed by atoms with E-state index in [1.807, 2.05) is 11.3 Å². The van der Waals surface area contributed by atoms with E-state index in [1.54, 1.807) is 0 Å². The molecule has 0 amide bonds. The van der Waals surface area contributed by atoms with Gasteiger partial charge in [0.2, 0.25) is 0 Å². The fourth-order valence-corrected chi connectivity index (χ4v) is 5.64. The van der Waals surface area contributed by atoms with E-state index >= 15 is 0 Å². The van der Waals surface area contributed by atoms with E-state index in [2.05, 4.69) is 107 Å². The van der Waals surface area contributed by atoms with Crippen LogP contribution in [0.25, 0.3) is 21.6 Å². The fourth-order valence-electron chi connectivity index (χ4n) is 4.50. The molecule has 0 aliphatic carbocycles. The summed E-state index contributed by atoms with van der Waals surface area (Å²) < 4.78 is 0. The highest BCUT2D eigenvalue weighted by Gasteiger charge is 2.19. The maximum atomic E-state index is 3.81. The van der Waals surface area contributed by atoms with Crippen LogP contribution in [-0.4, -0.2) is 19.1 Å². The molecule has 3 heteroatoms. The molecule has 2 nitrogen and oxygen atoms in total. The van der Waals surface area contributed by atoms with Gasteiger partial charge in [0.1, 0.15) is 0 Å². The van der Waals surface area contributed by atoms with Crippen molar-refractivity contribution in [2.75, 3.05) is 13.1 Å². The number of nitrogens with one attached hydrogen (secondary N) is 2. The van der Waals surface area contributed by atoms with Gasteiger partial charge >= 0.3 is 0 Å². The van der Waals surface area contributed by atoms with Crippen LogP contribution in [0.15, 0.2) is 54.6 Å². The van der Waals surface area contributed by atoms with E-state index in [1.165, 1.54) is 50.4 Å².